The van der Waals surface area contributed by atoms with Gasteiger partial charge in [-0.3, -0.25) is 4.79 Å². The van der Waals surface area contributed by atoms with Crippen LogP contribution in [0.5, 0.6) is 0 Å². The Labute approximate surface area is 118 Å². The first kappa shape index (κ1) is 14.6. The number of ether oxygens (including phenoxy) is 1. The van der Waals surface area contributed by atoms with Crippen LogP contribution < -0.4 is 0 Å². The number of aromatic nitrogens is 1. The summed E-state index contributed by atoms with van der Waals surface area (Å²) in [5.41, 5.74) is 2.29. The van der Waals surface area contributed by atoms with Crippen molar-refractivity contribution in [3.63, 3.8) is 0 Å². The van der Waals surface area contributed by atoms with Crippen LogP contribution in [0, 0.1) is 13.8 Å². The van der Waals surface area contributed by atoms with E-state index < -0.39 is 5.97 Å². The van der Waals surface area contributed by atoms with Gasteiger partial charge in [0.05, 0.1) is 12.7 Å². The molecule has 1 amide bonds. The van der Waals surface area contributed by atoms with Gasteiger partial charge in [-0.2, -0.15) is 0 Å². The van der Waals surface area contributed by atoms with Crippen LogP contribution in [-0.2, 0) is 4.74 Å². The van der Waals surface area contributed by atoms with Crippen LogP contribution in [0.4, 0.5) is 0 Å². The summed E-state index contributed by atoms with van der Waals surface area (Å²) < 4.78 is 4.76. The Morgan fingerprint density at radius 1 is 1.15 bits per heavy atom. The van der Waals surface area contributed by atoms with Gasteiger partial charge in [0, 0.05) is 31.9 Å². The highest BCUT2D eigenvalue weighted by molar-refractivity contribution is 6.00. The summed E-state index contributed by atoms with van der Waals surface area (Å²) >= 11 is 0. The summed E-state index contributed by atoms with van der Waals surface area (Å²) in [4.78, 5) is 31.3. The van der Waals surface area contributed by atoms with Crippen LogP contribution in [0.2, 0.25) is 0 Å². The Hall–Kier alpha value is -1.82. The lowest BCUT2D eigenvalue weighted by Gasteiger charge is -2.32. The van der Waals surface area contributed by atoms with Crippen molar-refractivity contribution in [3.05, 3.63) is 22.5 Å². The van der Waals surface area contributed by atoms with Gasteiger partial charge in [0.15, 0.2) is 0 Å². The van der Waals surface area contributed by atoms with Gasteiger partial charge in [-0.05, 0) is 26.5 Å². The van der Waals surface area contributed by atoms with Crippen molar-refractivity contribution in [2.45, 2.75) is 13.8 Å². The van der Waals surface area contributed by atoms with Crippen molar-refractivity contribution in [3.8, 4) is 0 Å². The molecule has 0 atom stereocenters. The van der Waals surface area contributed by atoms with Gasteiger partial charge >= 0.3 is 5.97 Å². The lowest BCUT2D eigenvalue weighted by atomic mass is 10.1. The summed E-state index contributed by atoms with van der Waals surface area (Å²) in [7, 11) is 3.39. The third-order valence-corrected chi connectivity index (χ3v) is 3.83. The van der Waals surface area contributed by atoms with E-state index >= 15 is 0 Å². The first-order valence-electron chi connectivity index (χ1n) is 6.71. The molecule has 6 heteroatoms. The molecule has 0 spiro atoms. The molecule has 6 nitrogen and oxygen atoms in total. The standard InChI is InChI=1S/C14H21N3O3/c1-9-11(14(19)20-4)10(2)15-12(9)13(18)17-7-5-16(3)6-8-17/h15H,5-8H2,1-4H3. The lowest BCUT2D eigenvalue weighted by Crippen LogP contribution is -2.47. The van der Waals surface area contributed by atoms with Crippen molar-refractivity contribution in [2.24, 2.45) is 0 Å². The second-order valence-electron chi connectivity index (χ2n) is 5.21. The summed E-state index contributed by atoms with van der Waals surface area (Å²) in [5, 5.41) is 0. The molecule has 2 heterocycles. The minimum Gasteiger partial charge on any atom is -0.465 e. The quantitative estimate of drug-likeness (QED) is 0.814. The number of nitrogens with zero attached hydrogens (tertiary/aromatic N) is 2. The molecule has 1 saturated heterocycles. The molecule has 2 rings (SSSR count). The molecule has 1 N–H and O–H groups in total. The van der Waals surface area contributed by atoms with Gasteiger partial charge in [0.1, 0.15) is 5.69 Å². The number of nitrogens with one attached hydrogen (secondary N) is 1. The molecule has 1 fully saturated rings. The number of methoxy groups -OCH3 is 1. The van der Waals surface area contributed by atoms with Crippen molar-refractivity contribution >= 4 is 11.9 Å². The molecule has 0 aromatic carbocycles. The van der Waals surface area contributed by atoms with Gasteiger partial charge in [0.2, 0.25) is 0 Å². The largest absolute Gasteiger partial charge is 0.465 e. The average Bonchev–Trinajstić information content (AvgIpc) is 2.73. The molecule has 1 aliphatic rings. The molecule has 20 heavy (non-hydrogen) atoms. The molecular formula is C14H21N3O3. The number of esters is 1. The van der Waals surface area contributed by atoms with E-state index in [0.717, 1.165) is 13.1 Å². The van der Waals surface area contributed by atoms with Crippen molar-refractivity contribution in [2.75, 3.05) is 40.3 Å². The van der Waals surface area contributed by atoms with E-state index in [4.69, 9.17) is 4.74 Å². The van der Waals surface area contributed by atoms with E-state index in [1.54, 1.807) is 13.8 Å². The number of amides is 1. The van der Waals surface area contributed by atoms with Crippen LogP contribution in [0.3, 0.4) is 0 Å². The molecule has 1 aromatic heterocycles. The number of H-pyrrole nitrogens is 1. The maximum Gasteiger partial charge on any atom is 0.339 e. The number of hydrogen-bond acceptors (Lipinski definition) is 4. The summed E-state index contributed by atoms with van der Waals surface area (Å²) in [6, 6.07) is 0. The number of hydrogen-bond donors (Lipinski definition) is 1. The van der Waals surface area contributed by atoms with Crippen molar-refractivity contribution in [1.82, 2.24) is 14.8 Å². The van der Waals surface area contributed by atoms with Crippen LogP contribution in [0.1, 0.15) is 32.1 Å². The summed E-state index contributed by atoms with van der Waals surface area (Å²) in [5.74, 6) is -0.456. The number of carbonyl (C=O) groups is 2. The molecular weight excluding hydrogens is 258 g/mol. The maximum atomic E-state index is 12.5. The summed E-state index contributed by atoms with van der Waals surface area (Å²) in [6.07, 6.45) is 0. The molecule has 0 saturated carbocycles. The first-order chi connectivity index (χ1) is 9.45. The van der Waals surface area contributed by atoms with Crippen molar-refractivity contribution in [1.29, 1.82) is 0 Å². The Balaban J connectivity index is 2.25. The number of aromatic amines is 1. The average molecular weight is 279 g/mol. The molecule has 0 unspecified atom stereocenters. The highest BCUT2D eigenvalue weighted by Gasteiger charge is 2.27. The third-order valence-electron chi connectivity index (χ3n) is 3.83. The normalized spacial score (nSPS) is 16.3. The fraction of sp³-hybridized carbons (Fsp3) is 0.571. The highest BCUT2D eigenvalue weighted by atomic mass is 16.5. The number of likely N-dealkylation sites (N-methyl/N-ethyl adjacent to an activating group) is 1. The van der Waals surface area contributed by atoms with E-state index in [1.807, 2.05) is 11.9 Å². The number of aryl methyl sites for hydroxylation is 1. The predicted octanol–water partition coefficient (Wildman–Crippen LogP) is 0.806. The third kappa shape index (κ3) is 2.56. The molecule has 0 radical (unpaired) electrons. The van der Waals surface area contributed by atoms with E-state index in [1.165, 1.54) is 7.11 Å². The Morgan fingerprint density at radius 2 is 1.75 bits per heavy atom. The number of carbonyl (C=O) groups excluding carboxylic acids is 2. The van der Waals surface area contributed by atoms with Crippen LogP contribution in [0.15, 0.2) is 0 Å². The Morgan fingerprint density at radius 3 is 2.30 bits per heavy atom. The first-order valence-corrected chi connectivity index (χ1v) is 6.71. The smallest absolute Gasteiger partial charge is 0.339 e. The topological polar surface area (TPSA) is 65.6 Å². The second kappa shape index (κ2) is 5.66. The molecule has 110 valence electrons. The number of piperazine rings is 1. The molecule has 1 aromatic rings. The van der Waals surface area contributed by atoms with Gasteiger partial charge in [-0.25, -0.2) is 4.79 Å². The summed E-state index contributed by atoms with van der Waals surface area (Å²) in [6.45, 7) is 6.71. The Kier molecular flexibility index (Phi) is 4.13. The number of rotatable bonds is 2. The Bertz CT molecular complexity index is 528. The highest BCUT2D eigenvalue weighted by Crippen LogP contribution is 2.20. The van der Waals surface area contributed by atoms with Crippen LogP contribution >= 0.6 is 0 Å². The maximum absolute atomic E-state index is 12.5. The van der Waals surface area contributed by atoms with E-state index in [2.05, 4.69) is 9.88 Å². The van der Waals surface area contributed by atoms with Gasteiger partial charge in [0.25, 0.3) is 5.91 Å². The zero-order valence-electron chi connectivity index (χ0n) is 12.4. The fourth-order valence-electron chi connectivity index (χ4n) is 2.54. The molecule has 0 bridgehead atoms. The van der Waals surface area contributed by atoms with Gasteiger partial charge in [-0.1, -0.05) is 0 Å². The molecule has 1 aliphatic heterocycles. The van der Waals surface area contributed by atoms with E-state index in [0.29, 0.717) is 35.6 Å². The molecule has 0 aliphatic carbocycles. The van der Waals surface area contributed by atoms with Gasteiger partial charge < -0.3 is 19.5 Å². The van der Waals surface area contributed by atoms with E-state index in [-0.39, 0.29) is 5.91 Å². The van der Waals surface area contributed by atoms with Crippen LogP contribution in [0.25, 0.3) is 0 Å². The fourth-order valence-corrected chi connectivity index (χ4v) is 2.54. The predicted molar refractivity (Wildman–Crippen MR) is 75.0 cm³/mol. The van der Waals surface area contributed by atoms with Crippen LogP contribution in [-0.4, -0.2) is 67.0 Å². The lowest BCUT2D eigenvalue weighted by molar-refractivity contribution is 0.0599. The zero-order chi connectivity index (χ0) is 14.9. The second-order valence-corrected chi connectivity index (χ2v) is 5.21. The monoisotopic (exact) mass is 279 g/mol. The zero-order valence-corrected chi connectivity index (χ0v) is 12.4. The SMILES string of the molecule is COC(=O)c1c(C)[nH]c(C(=O)N2CCN(C)CC2)c1C. The van der Waals surface area contributed by atoms with Crippen molar-refractivity contribution < 1.29 is 14.3 Å². The van der Waals surface area contributed by atoms with Gasteiger partial charge in [-0.15, -0.1) is 0 Å². The minimum absolute atomic E-state index is 0.0474. The minimum atomic E-state index is -0.409. The van der Waals surface area contributed by atoms with E-state index in [9.17, 15) is 9.59 Å².